The molecular formula is C23H26N2O3. The minimum absolute atomic E-state index is 0.0671. The Labute approximate surface area is 165 Å². The summed E-state index contributed by atoms with van der Waals surface area (Å²) in [6.45, 7) is 5.62. The van der Waals surface area contributed by atoms with E-state index in [9.17, 15) is 4.79 Å². The summed E-state index contributed by atoms with van der Waals surface area (Å²) >= 11 is 0. The van der Waals surface area contributed by atoms with E-state index in [2.05, 4.69) is 42.5 Å². The number of fused-ring (bicyclic) bond motifs is 1. The van der Waals surface area contributed by atoms with Gasteiger partial charge in [-0.3, -0.25) is 4.99 Å². The summed E-state index contributed by atoms with van der Waals surface area (Å²) in [5.74, 6) is -0.693. The van der Waals surface area contributed by atoms with Crippen molar-refractivity contribution in [1.29, 1.82) is 0 Å². The molecule has 0 fully saturated rings. The molecule has 3 N–H and O–H groups in total. The Morgan fingerprint density at radius 2 is 2.07 bits per heavy atom. The van der Waals surface area contributed by atoms with Gasteiger partial charge >= 0.3 is 5.97 Å². The van der Waals surface area contributed by atoms with Gasteiger partial charge in [0.2, 0.25) is 0 Å². The van der Waals surface area contributed by atoms with Gasteiger partial charge < -0.3 is 15.5 Å². The van der Waals surface area contributed by atoms with Crippen molar-refractivity contribution in [2.75, 3.05) is 6.54 Å². The Hall–Kier alpha value is -2.82. The molecule has 1 aromatic rings. The molecule has 0 amide bonds. The van der Waals surface area contributed by atoms with Gasteiger partial charge in [0.05, 0.1) is 6.54 Å². The van der Waals surface area contributed by atoms with Crippen LogP contribution in [0.2, 0.25) is 0 Å². The van der Waals surface area contributed by atoms with Crippen LogP contribution in [-0.2, 0) is 0 Å². The number of hydrogen-bond acceptors (Lipinski definition) is 4. The predicted molar refractivity (Wildman–Crippen MR) is 110 cm³/mol. The molecule has 28 heavy (non-hydrogen) atoms. The van der Waals surface area contributed by atoms with Crippen molar-refractivity contribution in [2.45, 2.75) is 39.2 Å². The molecule has 2 heterocycles. The number of aliphatic imine (C=N–C) groups is 1. The molecular weight excluding hydrogens is 352 g/mol. The van der Waals surface area contributed by atoms with E-state index in [-0.39, 0.29) is 16.7 Å². The fraction of sp³-hybridized carbons (Fsp3) is 0.391. The first-order chi connectivity index (χ1) is 13.4. The van der Waals surface area contributed by atoms with Crippen LogP contribution >= 0.6 is 0 Å². The van der Waals surface area contributed by atoms with Gasteiger partial charge in [0.15, 0.2) is 0 Å². The number of phenols is 1. The summed E-state index contributed by atoms with van der Waals surface area (Å²) in [6, 6.07) is 6.41. The van der Waals surface area contributed by atoms with Crippen molar-refractivity contribution in [2.24, 2.45) is 16.3 Å². The van der Waals surface area contributed by atoms with Crippen LogP contribution in [0.1, 0.15) is 43.5 Å². The van der Waals surface area contributed by atoms with Crippen molar-refractivity contribution < 1.29 is 15.0 Å². The highest BCUT2D eigenvalue weighted by molar-refractivity contribution is 5.90. The molecule has 3 unspecified atom stereocenters. The number of rotatable bonds is 1. The molecule has 0 radical (unpaired) electrons. The second-order valence-corrected chi connectivity index (χ2v) is 8.09. The fourth-order valence-electron chi connectivity index (χ4n) is 4.85. The van der Waals surface area contributed by atoms with Crippen LogP contribution in [0.4, 0.5) is 0 Å². The summed E-state index contributed by atoms with van der Waals surface area (Å²) in [6.07, 6.45) is 10.4. The van der Waals surface area contributed by atoms with Gasteiger partial charge in [-0.2, -0.15) is 0 Å². The average Bonchev–Trinajstić information content (AvgIpc) is 3.07. The number of nitrogens with zero attached hydrogens (tertiary/aromatic N) is 1. The number of allylic oxidation sites excluding steroid dienone is 4. The number of hydrogen-bond donors (Lipinski definition) is 3. The number of carbonyl (C=O) groups is 1. The van der Waals surface area contributed by atoms with E-state index >= 15 is 0 Å². The summed E-state index contributed by atoms with van der Waals surface area (Å²) in [4.78, 5) is 14.9. The molecule has 5 heteroatoms. The van der Waals surface area contributed by atoms with E-state index < -0.39 is 5.97 Å². The number of nitrogens with one attached hydrogen (secondary N) is 1. The van der Waals surface area contributed by atoms with Crippen molar-refractivity contribution in [3.8, 4) is 5.75 Å². The second-order valence-electron chi connectivity index (χ2n) is 8.09. The van der Waals surface area contributed by atoms with Gasteiger partial charge in [-0.1, -0.05) is 43.7 Å². The maximum atomic E-state index is 10.3. The Morgan fingerprint density at radius 1 is 1.29 bits per heavy atom. The highest BCUT2D eigenvalue weighted by atomic mass is 16.4. The summed E-state index contributed by atoms with van der Waals surface area (Å²) in [5, 5.41) is 21.1. The highest BCUT2D eigenvalue weighted by Gasteiger charge is 2.47. The first-order valence-corrected chi connectivity index (χ1v) is 9.83. The van der Waals surface area contributed by atoms with Gasteiger partial charge in [-0.25, -0.2) is 4.79 Å². The zero-order valence-electron chi connectivity index (χ0n) is 16.3. The molecule has 5 bridgehead atoms. The zero-order chi connectivity index (χ0) is 19.9. The van der Waals surface area contributed by atoms with Crippen LogP contribution in [0.3, 0.4) is 0 Å². The van der Waals surface area contributed by atoms with Gasteiger partial charge in [0.1, 0.15) is 11.3 Å². The van der Waals surface area contributed by atoms with Crippen LogP contribution in [0.5, 0.6) is 5.75 Å². The minimum Gasteiger partial charge on any atom is -0.507 e. The molecule has 5 rings (SSSR count). The number of carboxylic acid groups (broad SMARTS) is 1. The topological polar surface area (TPSA) is 81.9 Å². The van der Waals surface area contributed by atoms with E-state index in [0.717, 1.165) is 6.54 Å². The van der Waals surface area contributed by atoms with E-state index in [1.807, 2.05) is 0 Å². The van der Waals surface area contributed by atoms with Crippen molar-refractivity contribution in [3.63, 3.8) is 0 Å². The maximum absolute atomic E-state index is 10.3. The van der Waals surface area contributed by atoms with Crippen LogP contribution in [0, 0.1) is 11.3 Å². The highest BCUT2D eigenvalue weighted by Crippen LogP contribution is 2.52. The third kappa shape index (κ3) is 2.95. The average molecular weight is 378 g/mol. The summed E-state index contributed by atoms with van der Waals surface area (Å²) < 4.78 is 0. The second kappa shape index (κ2) is 6.97. The summed E-state index contributed by atoms with van der Waals surface area (Å²) in [7, 11) is 0. The summed E-state index contributed by atoms with van der Waals surface area (Å²) in [5.41, 5.74) is 6.37. The van der Waals surface area contributed by atoms with Gasteiger partial charge in [-0.15, -0.1) is 0 Å². The van der Waals surface area contributed by atoms with E-state index in [1.54, 1.807) is 23.3 Å². The molecule has 0 aromatic heterocycles. The molecule has 5 nitrogen and oxygen atoms in total. The quantitative estimate of drug-likeness (QED) is 0.688. The Kier molecular flexibility index (Phi) is 4.61. The molecule has 0 spiro atoms. The third-order valence-electron chi connectivity index (χ3n) is 6.61. The number of aromatic carboxylic acids is 1. The first kappa shape index (κ1) is 18.5. The van der Waals surface area contributed by atoms with Crippen molar-refractivity contribution >= 4 is 12.2 Å². The molecule has 2 aliphatic carbocycles. The lowest BCUT2D eigenvalue weighted by Gasteiger charge is -2.41. The lowest BCUT2D eigenvalue weighted by atomic mass is 9.67. The molecule has 146 valence electrons. The maximum Gasteiger partial charge on any atom is 0.339 e. The van der Waals surface area contributed by atoms with Crippen LogP contribution < -0.4 is 5.32 Å². The van der Waals surface area contributed by atoms with Gasteiger partial charge in [0.25, 0.3) is 0 Å². The Morgan fingerprint density at radius 3 is 2.79 bits per heavy atom. The number of para-hydroxylation sites is 1. The zero-order valence-corrected chi connectivity index (χ0v) is 16.3. The van der Waals surface area contributed by atoms with Gasteiger partial charge in [0, 0.05) is 23.4 Å². The van der Waals surface area contributed by atoms with Crippen LogP contribution in [-0.4, -0.2) is 35.0 Å². The Balaban J connectivity index is 0.000000165. The lowest BCUT2D eigenvalue weighted by Crippen LogP contribution is -2.43. The number of benzene rings is 1. The van der Waals surface area contributed by atoms with Crippen molar-refractivity contribution in [1.82, 2.24) is 5.32 Å². The van der Waals surface area contributed by atoms with Crippen molar-refractivity contribution in [3.05, 3.63) is 64.4 Å². The fourth-order valence-corrected chi connectivity index (χ4v) is 4.85. The van der Waals surface area contributed by atoms with E-state index in [1.165, 1.54) is 42.7 Å². The van der Waals surface area contributed by atoms with Crippen LogP contribution in [0.25, 0.3) is 0 Å². The third-order valence-corrected chi connectivity index (χ3v) is 6.61. The van der Waals surface area contributed by atoms with Gasteiger partial charge in [-0.05, 0) is 48.5 Å². The molecule has 2 aliphatic heterocycles. The SMILES string of the molecule is CC1C2CC3=C(CCC4=C3C=CCN=CC41C)N2.O=C(O)c1ccccc1O. The molecule has 3 atom stereocenters. The van der Waals surface area contributed by atoms with E-state index in [4.69, 9.17) is 10.2 Å². The lowest BCUT2D eigenvalue weighted by molar-refractivity contribution is 0.0693. The number of carboxylic acids is 1. The number of aromatic hydroxyl groups is 1. The largest absolute Gasteiger partial charge is 0.507 e. The monoisotopic (exact) mass is 378 g/mol. The molecule has 1 aromatic carbocycles. The molecule has 0 saturated heterocycles. The van der Waals surface area contributed by atoms with Crippen LogP contribution in [0.15, 0.2) is 63.8 Å². The minimum atomic E-state index is -1.11. The molecule has 4 aliphatic rings. The molecule has 0 saturated carbocycles. The predicted octanol–water partition coefficient (Wildman–Crippen LogP) is 4.08. The first-order valence-electron chi connectivity index (χ1n) is 9.83. The van der Waals surface area contributed by atoms with E-state index in [0.29, 0.717) is 12.0 Å². The smallest absolute Gasteiger partial charge is 0.339 e. The normalized spacial score (nSPS) is 29.5. The Bertz CT molecular complexity index is 941. The standard InChI is InChI=1S/C16H20N2.C7H6O3/c1-10-15-8-12-11-4-3-7-17-9-16(10,2)13(11)5-6-14(12)18-15;8-6-4-2-1-3-5(6)7(9)10/h3-4,9-10,15,18H,5-8H2,1-2H3;1-4,8H,(H,9,10).